The van der Waals surface area contributed by atoms with E-state index in [1.54, 1.807) is 19.5 Å². The van der Waals surface area contributed by atoms with Gasteiger partial charge in [0.15, 0.2) is 0 Å². The molecule has 0 aliphatic rings. The maximum absolute atomic E-state index is 13.4. The third-order valence-corrected chi connectivity index (χ3v) is 6.42. The highest BCUT2D eigenvalue weighted by Gasteiger charge is 2.28. The number of hydrogen-bond donors (Lipinski definition) is 1. The predicted octanol–water partition coefficient (Wildman–Crippen LogP) is 3.42. The zero-order chi connectivity index (χ0) is 20.5. The molecular formula is C21H25N3O3S. The van der Waals surface area contributed by atoms with Crippen LogP contribution in [0.15, 0.2) is 53.7 Å². The summed E-state index contributed by atoms with van der Waals surface area (Å²) < 4.78 is 36.7. The monoisotopic (exact) mass is 399 g/mol. The Morgan fingerprint density at radius 3 is 2.36 bits per heavy atom. The molecule has 0 saturated heterocycles. The average molecular weight is 400 g/mol. The van der Waals surface area contributed by atoms with Crippen molar-refractivity contribution in [2.24, 2.45) is 7.05 Å². The van der Waals surface area contributed by atoms with Crippen molar-refractivity contribution in [2.75, 3.05) is 7.11 Å². The summed E-state index contributed by atoms with van der Waals surface area (Å²) in [7, 11) is -0.371. The molecule has 1 heterocycles. The lowest BCUT2D eigenvalue weighted by Gasteiger charge is -2.21. The van der Waals surface area contributed by atoms with Gasteiger partial charge in [0.1, 0.15) is 17.6 Å². The lowest BCUT2D eigenvalue weighted by atomic mass is 10.1. The number of hydrogen-bond acceptors (Lipinski definition) is 4. The second kappa shape index (κ2) is 7.77. The van der Waals surface area contributed by atoms with Crippen LogP contribution in [-0.2, 0) is 17.1 Å². The van der Waals surface area contributed by atoms with Crippen LogP contribution in [-0.4, -0.2) is 25.1 Å². The van der Waals surface area contributed by atoms with E-state index in [9.17, 15) is 8.42 Å². The van der Waals surface area contributed by atoms with Crippen molar-refractivity contribution < 1.29 is 13.2 Å². The van der Waals surface area contributed by atoms with E-state index in [0.29, 0.717) is 27.6 Å². The van der Waals surface area contributed by atoms with Crippen molar-refractivity contribution in [3.63, 3.8) is 0 Å². The fourth-order valence-electron chi connectivity index (χ4n) is 3.55. The summed E-state index contributed by atoms with van der Waals surface area (Å²) >= 11 is 0. The Hall–Kier alpha value is -2.64. The van der Waals surface area contributed by atoms with E-state index in [4.69, 9.17) is 4.74 Å². The number of aromatic nitrogens is 2. The molecule has 1 unspecified atom stereocenters. The lowest BCUT2D eigenvalue weighted by molar-refractivity contribution is 0.413. The minimum absolute atomic E-state index is 0.306. The quantitative estimate of drug-likeness (QED) is 0.689. The zero-order valence-corrected chi connectivity index (χ0v) is 17.5. The van der Waals surface area contributed by atoms with Gasteiger partial charge in [-0.05, 0) is 49.6 Å². The van der Waals surface area contributed by atoms with Crippen LogP contribution in [0.3, 0.4) is 0 Å². The fourth-order valence-corrected chi connectivity index (χ4v) is 5.19. The molecule has 0 aliphatic heterocycles. The molecule has 1 atom stereocenters. The van der Waals surface area contributed by atoms with E-state index >= 15 is 0 Å². The Balaban J connectivity index is 2.11. The molecule has 0 spiro atoms. The zero-order valence-electron chi connectivity index (χ0n) is 16.7. The molecule has 7 heteroatoms. The van der Waals surface area contributed by atoms with Gasteiger partial charge in [-0.2, -0.15) is 4.72 Å². The van der Waals surface area contributed by atoms with E-state index in [1.807, 2.05) is 68.8 Å². The molecule has 148 valence electrons. The summed E-state index contributed by atoms with van der Waals surface area (Å²) in [6.45, 7) is 5.59. The minimum atomic E-state index is -3.79. The molecule has 2 aromatic carbocycles. The third-order valence-electron chi connectivity index (χ3n) is 4.69. The highest BCUT2D eigenvalue weighted by molar-refractivity contribution is 7.89. The number of aryl methyl sites for hydroxylation is 4. The van der Waals surface area contributed by atoms with E-state index in [0.717, 1.165) is 11.1 Å². The standard InChI is InChI=1S/C21H25N3O3S/c1-14-11-15(2)20(16(3)12-14)28(25,26)23-19(21-22-9-10-24(21)4)17-7-6-8-18(13-17)27-5/h6-13,19,23H,1-5H3. The third kappa shape index (κ3) is 3.95. The maximum atomic E-state index is 13.4. The molecular weight excluding hydrogens is 374 g/mol. The molecule has 28 heavy (non-hydrogen) atoms. The smallest absolute Gasteiger partial charge is 0.242 e. The van der Waals surface area contributed by atoms with Gasteiger partial charge in [0.2, 0.25) is 10.0 Å². The first-order valence-electron chi connectivity index (χ1n) is 8.94. The molecule has 3 rings (SSSR count). The molecule has 1 N–H and O–H groups in total. The van der Waals surface area contributed by atoms with Gasteiger partial charge in [-0.15, -0.1) is 0 Å². The summed E-state index contributed by atoms with van der Waals surface area (Å²) in [5.41, 5.74) is 3.21. The Kier molecular flexibility index (Phi) is 5.58. The van der Waals surface area contributed by atoms with Gasteiger partial charge in [-0.1, -0.05) is 29.8 Å². The molecule has 0 fully saturated rings. The number of methoxy groups -OCH3 is 1. The first-order chi connectivity index (χ1) is 13.2. The van der Waals surface area contributed by atoms with Crippen LogP contribution in [0.2, 0.25) is 0 Å². The molecule has 0 saturated carbocycles. The SMILES string of the molecule is COc1cccc(C(NS(=O)(=O)c2c(C)cc(C)cc2C)c2nccn2C)c1. The van der Waals surface area contributed by atoms with Crippen LogP contribution in [0.25, 0.3) is 0 Å². The van der Waals surface area contributed by atoms with Crippen LogP contribution in [0.5, 0.6) is 5.75 Å². The Labute approximate surface area is 166 Å². The van der Waals surface area contributed by atoms with Crippen LogP contribution in [0, 0.1) is 20.8 Å². The number of ether oxygens (including phenoxy) is 1. The van der Waals surface area contributed by atoms with E-state index in [2.05, 4.69) is 9.71 Å². The van der Waals surface area contributed by atoms with Crippen LogP contribution < -0.4 is 9.46 Å². The van der Waals surface area contributed by atoms with Gasteiger partial charge in [-0.25, -0.2) is 13.4 Å². The highest BCUT2D eigenvalue weighted by Crippen LogP contribution is 2.28. The number of nitrogens with zero attached hydrogens (tertiary/aromatic N) is 2. The van der Waals surface area contributed by atoms with Gasteiger partial charge in [0.05, 0.1) is 12.0 Å². The summed E-state index contributed by atoms with van der Waals surface area (Å²) in [5, 5.41) is 0. The van der Waals surface area contributed by atoms with Crippen molar-refractivity contribution >= 4 is 10.0 Å². The number of nitrogens with one attached hydrogen (secondary N) is 1. The Bertz CT molecular complexity index is 1080. The predicted molar refractivity (Wildman–Crippen MR) is 109 cm³/mol. The Morgan fingerprint density at radius 1 is 1.11 bits per heavy atom. The van der Waals surface area contributed by atoms with Crippen molar-refractivity contribution in [3.8, 4) is 5.75 Å². The van der Waals surface area contributed by atoms with E-state index in [1.165, 1.54) is 0 Å². The molecule has 3 aromatic rings. The minimum Gasteiger partial charge on any atom is -0.497 e. The second-order valence-electron chi connectivity index (χ2n) is 6.96. The molecule has 0 amide bonds. The largest absolute Gasteiger partial charge is 0.497 e. The second-order valence-corrected chi connectivity index (χ2v) is 8.61. The lowest BCUT2D eigenvalue weighted by Crippen LogP contribution is -2.32. The molecule has 0 bridgehead atoms. The van der Waals surface area contributed by atoms with Gasteiger partial charge in [0.25, 0.3) is 0 Å². The van der Waals surface area contributed by atoms with Crippen LogP contribution >= 0.6 is 0 Å². The average Bonchev–Trinajstić information content (AvgIpc) is 3.04. The topological polar surface area (TPSA) is 73.2 Å². The molecule has 1 aromatic heterocycles. The van der Waals surface area contributed by atoms with Gasteiger partial charge < -0.3 is 9.30 Å². The van der Waals surface area contributed by atoms with E-state index in [-0.39, 0.29) is 0 Å². The normalized spacial score (nSPS) is 12.8. The summed E-state index contributed by atoms with van der Waals surface area (Å²) in [6.07, 6.45) is 3.44. The van der Waals surface area contributed by atoms with Crippen molar-refractivity contribution in [3.05, 3.63) is 76.9 Å². The first kappa shape index (κ1) is 20.1. The van der Waals surface area contributed by atoms with Crippen LogP contribution in [0.1, 0.15) is 34.1 Å². The Morgan fingerprint density at radius 2 is 1.79 bits per heavy atom. The molecule has 0 aliphatic carbocycles. The van der Waals surface area contributed by atoms with E-state index < -0.39 is 16.1 Å². The number of sulfonamides is 1. The highest BCUT2D eigenvalue weighted by atomic mass is 32.2. The number of benzene rings is 2. The van der Waals surface area contributed by atoms with Gasteiger partial charge in [0, 0.05) is 19.4 Å². The molecule has 0 radical (unpaired) electrons. The van der Waals surface area contributed by atoms with Crippen LogP contribution in [0.4, 0.5) is 0 Å². The number of rotatable bonds is 6. The fraction of sp³-hybridized carbons (Fsp3) is 0.286. The number of imidazole rings is 1. The van der Waals surface area contributed by atoms with Gasteiger partial charge in [-0.3, -0.25) is 0 Å². The van der Waals surface area contributed by atoms with Crippen molar-refractivity contribution in [1.29, 1.82) is 0 Å². The molecule has 6 nitrogen and oxygen atoms in total. The maximum Gasteiger partial charge on any atom is 0.242 e. The summed E-state index contributed by atoms with van der Waals surface area (Å²) in [4.78, 5) is 4.69. The van der Waals surface area contributed by atoms with Crippen molar-refractivity contribution in [2.45, 2.75) is 31.7 Å². The van der Waals surface area contributed by atoms with Crippen molar-refractivity contribution in [1.82, 2.24) is 14.3 Å². The van der Waals surface area contributed by atoms with Gasteiger partial charge >= 0.3 is 0 Å². The summed E-state index contributed by atoms with van der Waals surface area (Å²) in [5.74, 6) is 1.25. The summed E-state index contributed by atoms with van der Waals surface area (Å²) in [6, 6.07) is 10.4. The first-order valence-corrected chi connectivity index (χ1v) is 10.4.